The van der Waals surface area contributed by atoms with Gasteiger partial charge in [-0.1, -0.05) is 162 Å². The largest absolute Gasteiger partial charge is 4.00 e. The molecule has 0 spiro atoms. The molecule has 0 N–H and O–H groups in total. The quantitative estimate of drug-likeness (QED) is 0.0686. The molecule has 0 bridgehead atoms. The van der Waals surface area contributed by atoms with Crippen LogP contribution in [0.3, 0.4) is 0 Å². The van der Waals surface area contributed by atoms with Crippen molar-refractivity contribution < 1.29 is 57.7 Å². The van der Waals surface area contributed by atoms with Gasteiger partial charge >= 0.3 is 41.8 Å². The average molecular weight is 834 g/mol. The summed E-state index contributed by atoms with van der Waals surface area (Å²) in [5, 5.41) is 0. The molecule has 0 radical (unpaired) electrons. The van der Waals surface area contributed by atoms with Crippen LogP contribution in [0.1, 0.15) is 188 Å². The molecule has 0 heterocycles. The van der Waals surface area contributed by atoms with E-state index in [1.807, 2.05) is 41.5 Å². The summed E-state index contributed by atoms with van der Waals surface area (Å²) in [6, 6.07) is 0. The van der Waals surface area contributed by atoms with Gasteiger partial charge in [0.2, 0.25) is 0 Å². The van der Waals surface area contributed by atoms with Gasteiger partial charge in [-0.05, 0) is 23.7 Å². The molecule has 0 saturated heterocycles. The molecule has 0 fully saturated rings. The van der Waals surface area contributed by atoms with Crippen LogP contribution in [0.15, 0.2) is 0 Å². The summed E-state index contributed by atoms with van der Waals surface area (Å²) in [6.45, 7) is 48.0. The fourth-order valence-electron chi connectivity index (χ4n) is 2.39. The van der Waals surface area contributed by atoms with E-state index >= 15 is 0 Å². The molecule has 0 aliphatic carbocycles. The van der Waals surface area contributed by atoms with Crippen molar-refractivity contribution in [3.8, 4) is 0 Å². The normalized spacial score (nSPS) is 14.0. The van der Waals surface area contributed by atoms with Crippen LogP contribution >= 0.6 is 15.6 Å². The number of hydrogen-bond donors (Lipinski definition) is 0. The molecule has 0 aromatic heterocycles. The molecule has 10 heteroatoms. The van der Waals surface area contributed by atoms with Gasteiger partial charge in [-0.15, -0.1) is 0 Å². The molecule has 7 nitrogen and oxygen atoms in total. The monoisotopic (exact) mass is 833 g/mol. The van der Waals surface area contributed by atoms with Crippen molar-refractivity contribution in [2.24, 2.45) is 21.7 Å². The topological polar surface area (TPSA) is 80.3 Å². The maximum absolute atomic E-state index is 13.3. The zero-order valence-corrected chi connectivity index (χ0v) is 40.6. The Kier molecular flexibility index (Phi) is 45.2. The second-order valence-electron chi connectivity index (χ2n) is 17.3. The minimum Gasteiger partial charge on any atom is -0.343 e. The fraction of sp³-hybridized carbons (Fsp3) is 0.900. The number of phosphoric ester groups is 2. The summed E-state index contributed by atoms with van der Waals surface area (Å²) < 4.78 is 53.8. The van der Waals surface area contributed by atoms with Gasteiger partial charge < -0.3 is 27.7 Å². The Bertz CT molecular complexity index is 701. The first-order valence-corrected chi connectivity index (χ1v) is 21.8. The van der Waals surface area contributed by atoms with Crippen LogP contribution in [-0.4, -0.2) is 26.4 Å². The molecule has 304 valence electrons. The first-order valence-electron chi connectivity index (χ1n) is 18.9. The molecule has 0 aliphatic heterocycles. The van der Waals surface area contributed by atoms with E-state index in [0.29, 0.717) is 12.8 Å². The number of hydrogen-bond acceptors (Lipinski definition) is 7. The Morgan fingerprint density at radius 3 is 0.860 bits per heavy atom. The second kappa shape index (κ2) is 35.8. The number of phosphoric acid groups is 2. The van der Waals surface area contributed by atoms with E-state index in [4.69, 9.17) is 22.4 Å². The van der Waals surface area contributed by atoms with Gasteiger partial charge in [0.05, 0.1) is 26.4 Å². The molecular formula is C40H88O7P2Zr. The minimum atomic E-state index is -4.13. The molecule has 0 aliphatic rings. The summed E-state index contributed by atoms with van der Waals surface area (Å²) in [5.41, 5.74) is -0.0475. The van der Waals surface area contributed by atoms with Crippen molar-refractivity contribution >= 4 is 15.6 Å². The van der Waals surface area contributed by atoms with Crippen molar-refractivity contribution in [2.45, 2.75) is 188 Å². The fourth-order valence-corrected chi connectivity index (χ4v) is 6.07. The van der Waals surface area contributed by atoms with E-state index in [1.165, 1.54) is 25.7 Å². The predicted octanol–water partition coefficient (Wildman–Crippen LogP) is 15.5. The summed E-state index contributed by atoms with van der Waals surface area (Å²) in [5.74, 6) is 0. The molecule has 2 atom stereocenters. The van der Waals surface area contributed by atoms with Crippen LogP contribution in [0, 0.1) is 49.4 Å². The van der Waals surface area contributed by atoms with Gasteiger partial charge in [-0.2, -0.15) is 28.0 Å². The standard InChI is InChI=1S/C20H44O7P2.4C5H11.Zr/c1-9-11-13-15-23-28(21,25-17-19(3,4)5)27-29(22,24-16-14-12-10-2)26-18-20(6,7)8;2*1-5(2,3)4;2*1-3-5-4-2;/h9-18H2,1-8H3;2*1H2,2-4H3;2*1,3-5H2,2H3;/q;4*-1;+4. The summed E-state index contributed by atoms with van der Waals surface area (Å²) in [7, 11) is -8.26. The van der Waals surface area contributed by atoms with Crippen LogP contribution in [0.2, 0.25) is 0 Å². The van der Waals surface area contributed by atoms with E-state index in [0.717, 1.165) is 38.5 Å². The summed E-state index contributed by atoms with van der Waals surface area (Å²) in [4.78, 5) is 0. The molecular weight excluding hydrogens is 746 g/mol. The summed E-state index contributed by atoms with van der Waals surface area (Å²) in [6.07, 6.45) is 12.5. The van der Waals surface area contributed by atoms with Crippen LogP contribution in [0.4, 0.5) is 0 Å². The Labute approximate surface area is 335 Å². The van der Waals surface area contributed by atoms with E-state index in [2.05, 4.69) is 96.9 Å². The maximum Gasteiger partial charge on any atom is 4.00 e. The Morgan fingerprint density at radius 2 is 0.700 bits per heavy atom. The van der Waals surface area contributed by atoms with Crippen molar-refractivity contribution in [3.05, 3.63) is 27.7 Å². The van der Waals surface area contributed by atoms with Gasteiger partial charge in [-0.3, -0.25) is 18.1 Å². The number of rotatable bonds is 20. The van der Waals surface area contributed by atoms with Gasteiger partial charge in [0.15, 0.2) is 0 Å². The zero-order valence-electron chi connectivity index (χ0n) is 36.4. The minimum absolute atomic E-state index is 0. The zero-order chi connectivity index (χ0) is 39.8. The third-order valence-corrected chi connectivity index (χ3v) is 8.20. The van der Waals surface area contributed by atoms with Gasteiger partial charge in [0.1, 0.15) is 0 Å². The van der Waals surface area contributed by atoms with Crippen molar-refractivity contribution in [1.82, 2.24) is 0 Å². The summed E-state index contributed by atoms with van der Waals surface area (Å²) >= 11 is 0. The third-order valence-electron chi connectivity index (χ3n) is 4.71. The predicted molar refractivity (Wildman–Crippen MR) is 217 cm³/mol. The second-order valence-corrected chi connectivity index (χ2v) is 20.7. The molecule has 0 amide bonds. The molecule has 2 unspecified atom stereocenters. The Hall–Kier alpha value is 1.14. The van der Waals surface area contributed by atoms with Gasteiger partial charge in [0.25, 0.3) is 0 Å². The first-order chi connectivity index (χ1) is 22.1. The van der Waals surface area contributed by atoms with Crippen LogP contribution in [0.25, 0.3) is 0 Å². The van der Waals surface area contributed by atoms with Gasteiger partial charge in [0, 0.05) is 0 Å². The van der Waals surface area contributed by atoms with Gasteiger partial charge in [-0.25, -0.2) is 9.13 Å². The number of unbranched alkanes of at least 4 members (excludes halogenated alkanes) is 8. The molecule has 0 aromatic carbocycles. The van der Waals surface area contributed by atoms with Crippen LogP contribution in [0.5, 0.6) is 0 Å². The van der Waals surface area contributed by atoms with Crippen molar-refractivity contribution in [1.29, 1.82) is 0 Å². The van der Waals surface area contributed by atoms with E-state index in [1.54, 1.807) is 0 Å². The SMILES string of the molecule is CCCCCOP(=O)(OCC(C)(C)C)OP(=O)(OCCCCC)OCC(C)(C)C.[CH2-]C(C)(C)C.[CH2-]C(C)(C)C.[CH2-]CCCC.[CH2-]CCCC.[Zr+4]. The Balaban J connectivity index is -0.000000186. The van der Waals surface area contributed by atoms with Crippen molar-refractivity contribution in [3.63, 3.8) is 0 Å². The first kappa shape index (κ1) is 63.1. The van der Waals surface area contributed by atoms with E-state index < -0.39 is 15.6 Å². The third kappa shape index (κ3) is 74.3. The smallest absolute Gasteiger partial charge is 0.343 e. The molecule has 0 saturated carbocycles. The average Bonchev–Trinajstić information content (AvgIpc) is 2.91. The van der Waals surface area contributed by atoms with Crippen LogP contribution < -0.4 is 0 Å². The Morgan fingerprint density at radius 1 is 0.460 bits per heavy atom. The molecule has 50 heavy (non-hydrogen) atoms. The molecule has 0 aromatic rings. The van der Waals surface area contributed by atoms with E-state index in [-0.39, 0.29) is 74.3 Å². The van der Waals surface area contributed by atoms with Crippen molar-refractivity contribution in [2.75, 3.05) is 26.4 Å². The maximum atomic E-state index is 13.3. The van der Waals surface area contributed by atoms with E-state index in [9.17, 15) is 9.13 Å². The van der Waals surface area contributed by atoms with Crippen LogP contribution in [-0.2, 0) is 57.7 Å². The molecule has 0 rings (SSSR count).